The number of benzene rings is 5. The van der Waals surface area contributed by atoms with E-state index in [1.165, 1.54) is 136 Å². The Bertz CT molecular complexity index is 2130. The molecule has 278 valence electrons. The van der Waals surface area contributed by atoms with Crippen molar-refractivity contribution in [2.75, 3.05) is 4.90 Å². The summed E-state index contributed by atoms with van der Waals surface area (Å²) in [5.41, 5.74) is 26.8. The van der Waals surface area contributed by atoms with Crippen molar-refractivity contribution in [3.05, 3.63) is 152 Å². The van der Waals surface area contributed by atoms with Gasteiger partial charge >= 0.3 is 0 Å². The Morgan fingerprint density at radius 2 is 0.852 bits per heavy atom. The van der Waals surface area contributed by atoms with Gasteiger partial charge in [0.1, 0.15) is 0 Å². The standard InChI is InChI=1S/C51H55N.C2H6/c1-7-38-14-8-9-17-47(38)44-27-22-39(30-35(44)4)52(40-23-28-45(36(5)31-40)50-25-20-33(2)42-15-10-12-18-48(42)50)41-24-29-46(37(6)32-41)51-26-21-34(3)43-16-11-13-19-49(43)51;1-2/h9,17,20-32H,7-8,10-16,18-19H2,1-6H3;1-2H3. The van der Waals surface area contributed by atoms with Crippen LogP contribution in [0.15, 0.2) is 96.6 Å². The molecule has 3 aliphatic carbocycles. The molecule has 0 fully saturated rings. The molecule has 1 nitrogen and oxygen atoms in total. The minimum Gasteiger partial charge on any atom is -0.310 e. The first kappa shape index (κ1) is 37.7. The second-order valence-corrected chi connectivity index (χ2v) is 15.8. The monoisotopic (exact) mass is 711 g/mol. The first-order chi connectivity index (χ1) is 26.3. The molecule has 0 N–H and O–H groups in total. The molecule has 0 atom stereocenters. The van der Waals surface area contributed by atoms with Crippen LogP contribution in [0.3, 0.4) is 0 Å². The van der Waals surface area contributed by atoms with Crippen LogP contribution in [0.1, 0.15) is 121 Å². The van der Waals surface area contributed by atoms with Crippen molar-refractivity contribution in [2.24, 2.45) is 0 Å². The van der Waals surface area contributed by atoms with Gasteiger partial charge in [0.25, 0.3) is 0 Å². The SMILES string of the molecule is CC.CCC1=C(c2ccc(N(c3ccc(-c4ccc(C)c5c4CCCC5)c(C)c3)c3ccc(-c4ccc(C)c5c4CCCC5)c(C)c3)cc2C)C=CCC1. The van der Waals surface area contributed by atoms with Gasteiger partial charge in [-0.25, -0.2) is 0 Å². The Labute approximate surface area is 326 Å². The van der Waals surface area contributed by atoms with Crippen LogP contribution in [0.2, 0.25) is 0 Å². The Hall–Kier alpha value is -4.62. The first-order valence-corrected chi connectivity index (χ1v) is 21.1. The molecular weight excluding hydrogens is 651 g/mol. The van der Waals surface area contributed by atoms with Gasteiger partial charge in [-0.2, -0.15) is 0 Å². The van der Waals surface area contributed by atoms with Crippen LogP contribution in [0.4, 0.5) is 17.1 Å². The number of aryl methyl sites for hydroxylation is 5. The average Bonchev–Trinajstić information content (AvgIpc) is 3.20. The molecule has 5 aromatic carbocycles. The van der Waals surface area contributed by atoms with Gasteiger partial charge in [0.2, 0.25) is 0 Å². The van der Waals surface area contributed by atoms with E-state index in [0.29, 0.717) is 0 Å². The van der Waals surface area contributed by atoms with Crippen molar-refractivity contribution in [1.29, 1.82) is 0 Å². The van der Waals surface area contributed by atoms with E-state index in [1.54, 1.807) is 27.8 Å². The highest BCUT2D eigenvalue weighted by Gasteiger charge is 2.22. The lowest BCUT2D eigenvalue weighted by atomic mass is 9.82. The topological polar surface area (TPSA) is 3.24 Å². The van der Waals surface area contributed by atoms with E-state index in [-0.39, 0.29) is 0 Å². The van der Waals surface area contributed by atoms with Crippen LogP contribution >= 0.6 is 0 Å². The summed E-state index contributed by atoms with van der Waals surface area (Å²) in [6.45, 7) is 17.8. The highest BCUT2D eigenvalue weighted by molar-refractivity contribution is 5.86. The molecule has 0 saturated heterocycles. The highest BCUT2D eigenvalue weighted by atomic mass is 15.1. The number of anilines is 3. The molecule has 0 aromatic heterocycles. The van der Waals surface area contributed by atoms with Crippen LogP contribution in [0.5, 0.6) is 0 Å². The van der Waals surface area contributed by atoms with Crippen molar-refractivity contribution in [2.45, 2.75) is 126 Å². The number of fused-ring (bicyclic) bond motifs is 2. The van der Waals surface area contributed by atoms with Gasteiger partial charge in [0, 0.05) is 17.1 Å². The maximum Gasteiger partial charge on any atom is 0.0464 e. The molecule has 0 spiro atoms. The molecule has 0 radical (unpaired) electrons. The van der Waals surface area contributed by atoms with Gasteiger partial charge in [-0.3, -0.25) is 0 Å². The molecule has 0 unspecified atom stereocenters. The fourth-order valence-corrected chi connectivity index (χ4v) is 9.67. The maximum atomic E-state index is 2.49. The normalized spacial score (nSPS) is 15.0. The molecule has 0 amide bonds. The molecule has 3 aliphatic rings. The highest BCUT2D eigenvalue weighted by Crippen LogP contribution is 2.43. The van der Waals surface area contributed by atoms with Gasteiger partial charge < -0.3 is 4.90 Å². The minimum absolute atomic E-state index is 1.11. The maximum absolute atomic E-state index is 2.49. The van der Waals surface area contributed by atoms with Crippen LogP contribution in [-0.4, -0.2) is 0 Å². The Morgan fingerprint density at radius 3 is 1.28 bits per heavy atom. The lowest BCUT2D eigenvalue weighted by Crippen LogP contribution is -2.12. The molecule has 54 heavy (non-hydrogen) atoms. The van der Waals surface area contributed by atoms with E-state index in [0.717, 1.165) is 12.8 Å². The molecule has 1 heteroatoms. The van der Waals surface area contributed by atoms with Crippen LogP contribution < -0.4 is 4.90 Å². The van der Waals surface area contributed by atoms with E-state index in [4.69, 9.17) is 0 Å². The van der Waals surface area contributed by atoms with Gasteiger partial charge in [-0.15, -0.1) is 0 Å². The molecule has 0 bridgehead atoms. The number of nitrogens with zero attached hydrogens (tertiary/aromatic N) is 1. The number of hydrogen-bond donors (Lipinski definition) is 0. The van der Waals surface area contributed by atoms with Gasteiger partial charge in [0.15, 0.2) is 0 Å². The summed E-state index contributed by atoms with van der Waals surface area (Å²) in [7, 11) is 0. The van der Waals surface area contributed by atoms with E-state index < -0.39 is 0 Å². The number of allylic oxidation sites excluding steroid dienone is 4. The molecule has 0 aliphatic heterocycles. The predicted molar refractivity (Wildman–Crippen MR) is 236 cm³/mol. The summed E-state index contributed by atoms with van der Waals surface area (Å²) in [6.07, 6.45) is 18.1. The second kappa shape index (κ2) is 16.4. The summed E-state index contributed by atoms with van der Waals surface area (Å²) < 4.78 is 0. The van der Waals surface area contributed by atoms with Crippen molar-refractivity contribution >= 4 is 22.6 Å². The van der Waals surface area contributed by atoms with Gasteiger partial charge in [-0.05, 0) is 225 Å². The number of rotatable bonds is 7. The fourth-order valence-electron chi connectivity index (χ4n) is 9.67. The summed E-state index contributed by atoms with van der Waals surface area (Å²) in [5, 5.41) is 0. The van der Waals surface area contributed by atoms with Crippen molar-refractivity contribution in [3.8, 4) is 22.3 Å². The van der Waals surface area contributed by atoms with Crippen molar-refractivity contribution in [1.82, 2.24) is 0 Å². The Kier molecular flexibility index (Phi) is 11.4. The zero-order chi connectivity index (χ0) is 37.9. The van der Waals surface area contributed by atoms with E-state index >= 15 is 0 Å². The minimum atomic E-state index is 1.11. The summed E-state index contributed by atoms with van der Waals surface area (Å²) >= 11 is 0. The molecular formula is C53H61N. The van der Waals surface area contributed by atoms with Crippen LogP contribution in [0, 0.1) is 34.6 Å². The van der Waals surface area contributed by atoms with E-state index in [2.05, 4.69) is 137 Å². The lowest BCUT2D eigenvalue weighted by molar-refractivity contribution is 0.683. The zero-order valence-corrected chi connectivity index (χ0v) is 34.4. The second-order valence-electron chi connectivity index (χ2n) is 15.8. The number of hydrogen-bond acceptors (Lipinski definition) is 1. The lowest BCUT2D eigenvalue weighted by Gasteiger charge is -2.29. The molecule has 0 saturated carbocycles. The van der Waals surface area contributed by atoms with Crippen LogP contribution in [-0.2, 0) is 25.7 Å². The third-order valence-electron chi connectivity index (χ3n) is 12.5. The van der Waals surface area contributed by atoms with Crippen molar-refractivity contribution < 1.29 is 0 Å². The van der Waals surface area contributed by atoms with Crippen molar-refractivity contribution in [3.63, 3.8) is 0 Å². The summed E-state index contributed by atoms with van der Waals surface area (Å²) in [4.78, 5) is 2.49. The van der Waals surface area contributed by atoms with Gasteiger partial charge in [0.05, 0.1) is 0 Å². The third-order valence-corrected chi connectivity index (χ3v) is 12.5. The smallest absolute Gasteiger partial charge is 0.0464 e. The van der Waals surface area contributed by atoms with Gasteiger partial charge in [-0.1, -0.05) is 81.0 Å². The van der Waals surface area contributed by atoms with Crippen LogP contribution in [0.25, 0.3) is 27.8 Å². The molecule has 5 aromatic rings. The van der Waals surface area contributed by atoms with E-state index in [1.807, 2.05) is 13.8 Å². The summed E-state index contributed by atoms with van der Waals surface area (Å²) in [5.74, 6) is 0. The Morgan fingerprint density at radius 1 is 0.444 bits per heavy atom. The largest absolute Gasteiger partial charge is 0.310 e. The fraction of sp³-hybridized carbons (Fsp3) is 0.358. The average molecular weight is 712 g/mol. The first-order valence-electron chi connectivity index (χ1n) is 21.1. The quantitative estimate of drug-likeness (QED) is 0.162. The van der Waals surface area contributed by atoms with E-state index in [9.17, 15) is 0 Å². The molecule has 8 rings (SSSR count). The summed E-state index contributed by atoms with van der Waals surface area (Å²) in [6, 6.07) is 31.0. The third kappa shape index (κ3) is 7.15. The molecule has 0 heterocycles. The Balaban J connectivity index is 0.00000221. The predicted octanol–water partition coefficient (Wildman–Crippen LogP) is 15.3. The zero-order valence-electron chi connectivity index (χ0n) is 34.4.